The molecule has 0 aliphatic rings. The van der Waals surface area contributed by atoms with E-state index >= 15 is 0 Å². The molecule has 5 nitrogen and oxygen atoms in total. The lowest BCUT2D eigenvalue weighted by Gasteiger charge is -2.13. The maximum Gasteiger partial charge on any atom is 0.271 e. The van der Waals surface area contributed by atoms with Crippen molar-refractivity contribution >= 4 is 28.8 Å². The molecule has 0 fully saturated rings. The molecule has 2 aromatic rings. The van der Waals surface area contributed by atoms with E-state index in [1.807, 2.05) is 43.3 Å². The summed E-state index contributed by atoms with van der Waals surface area (Å²) in [4.78, 5) is 19.7. The smallest absolute Gasteiger partial charge is 0.271 e. The van der Waals surface area contributed by atoms with Crippen LogP contribution in [0.3, 0.4) is 0 Å². The number of aromatic amines is 1. The van der Waals surface area contributed by atoms with Crippen molar-refractivity contribution in [1.82, 2.24) is 9.97 Å². The average molecular weight is 265 g/mol. The molecule has 0 unspecified atom stereocenters. The van der Waals surface area contributed by atoms with E-state index in [2.05, 4.69) is 15.3 Å². The molecule has 1 aromatic carbocycles. The van der Waals surface area contributed by atoms with Crippen molar-refractivity contribution < 1.29 is 0 Å². The molecular formula is C12H13ClN4O. The number of aromatic nitrogens is 2. The van der Waals surface area contributed by atoms with Crippen LogP contribution in [0.4, 0.5) is 17.2 Å². The first-order valence-corrected chi connectivity index (χ1v) is 5.73. The van der Waals surface area contributed by atoms with Gasteiger partial charge in [0.15, 0.2) is 5.82 Å². The van der Waals surface area contributed by atoms with Crippen LogP contribution in [-0.4, -0.2) is 24.1 Å². The van der Waals surface area contributed by atoms with Crippen LogP contribution in [-0.2, 0) is 0 Å². The van der Waals surface area contributed by atoms with E-state index in [-0.39, 0.29) is 10.6 Å². The lowest BCUT2D eigenvalue weighted by Crippen LogP contribution is -2.10. The van der Waals surface area contributed by atoms with Crippen LogP contribution < -0.4 is 15.8 Å². The molecule has 2 N–H and O–H groups in total. The summed E-state index contributed by atoms with van der Waals surface area (Å²) in [5, 5.41) is 3.05. The van der Waals surface area contributed by atoms with Gasteiger partial charge in [-0.2, -0.15) is 0 Å². The van der Waals surface area contributed by atoms with Crippen molar-refractivity contribution in [3.63, 3.8) is 0 Å². The van der Waals surface area contributed by atoms with Crippen LogP contribution in [0.2, 0.25) is 5.02 Å². The van der Waals surface area contributed by atoms with Gasteiger partial charge < -0.3 is 15.2 Å². The molecule has 1 heterocycles. The van der Waals surface area contributed by atoms with Gasteiger partial charge in [0.2, 0.25) is 0 Å². The molecule has 18 heavy (non-hydrogen) atoms. The fourth-order valence-electron chi connectivity index (χ4n) is 1.45. The molecule has 0 aliphatic carbocycles. The highest BCUT2D eigenvalue weighted by molar-refractivity contribution is 6.32. The van der Waals surface area contributed by atoms with Gasteiger partial charge in [0, 0.05) is 25.5 Å². The molecule has 0 radical (unpaired) electrons. The van der Waals surface area contributed by atoms with E-state index in [9.17, 15) is 4.79 Å². The third-order valence-electron chi connectivity index (χ3n) is 2.44. The molecular weight excluding hydrogens is 252 g/mol. The Morgan fingerprint density at radius 3 is 2.56 bits per heavy atom. The standard InChI is InChI=1S/C12H13ClN4O/c1-17(2)9-5-3-8(4-6-9)16-11-10(13)12(18)15-7-14-11/h3-7H,1-2H3,(H2,14,15,16,18). The van der Waals surface area contributed by atoms with Crippen molar-refractivity contribution in [2.75, 3.05) is 24.3 Å². The fourth-order valence-corrected chi connectivity index (χ4v) is 1.60. The minimum atomic E-state index is -0.362. The predicted molar refractivity (Wildman–Crippen MR) is 73.9 cm³/mol. The second-order valence-corrected chi connectivity index (χ2v) is 4.34. The minimum Gasteiger partial charge on any atom is -0.378 e. The normalized spacial score (nSPS) is 10.2. The van der Waals surface area contributed by atoms with Gasteiger partial charge in [-0.3, -0.25) is 4.79 Å². The fraction of sp³-hybridized carbons (Fsp3) is 0.167. The summed E-state index contributed by atoms with van der Waals surface area (Å²) in [6, 6.07) is 7.72. The molecule has 0 spiro atoms. The van der Waals surface area contributed by atoms with Gasteiger partial charge in [0.25, 0.3) is 5.56 Å². The van der Waals surface area contributed by atoms with Crippen LogP contribution in [0.1, 0.15) is 0 Å². The molecule has 0 amide bonds. The minimum absolute atomic E-state index is 0.0502. The maximum absolute atomic E-state index is 11.3. The topological polar surface area (TPSA) is 61.0 Å². The predicted octanol–water partition coefficient (Wildman–Crippen LogP) is 2.23. The number of benzene rings is 1. The van der Waals surface area contributed by atoms with Gasteiger partial charge in [-0.1, -0.05) is 11.6 Å². The number of halogens is 1. The van der Waals surface area contributed by atoms with E-state index < -0.39 is 0 Å². The summed E-state index contributed by atoms with van der Waals surface area (Å²) in [6.07, 6.45) is 1.31. The first kappa shape index (κ1) is 12.4. The lowest BCUT2D eigenvalue weighted by molar-refractivity contribution is 1.12. The van der Waals surface area contributed by atoms with Crippen LogP contribution in [0, 0.1) is 0 Å². The number of nitrogens with one attached hydrogen (secondary N) is 2. The number of hydrogen-bond donors (Lipinski definition) is 2. The van der Waals surface area contributed by atoms with E-state index in [0.29, 0.717) is 5.82 Å². The molecule has 0 bridgehead atoms. The average Bonchev–Trinajstić information content (AvgIpc) is 2.36. The third kappa shape index (κ3) is 2.62. The highest BCUT2D eigenvalue weighted by atomic mass is 35.5. The van der Waals surface area contributed by atoms with Gasteiger partial charge >= 0.3 is 0 Å². The van der Waals surface area contributed by atoms with E-state index in [1.54, 1.807) is 0 Å². The SMILES string of the molecule is CN(C)c1ccc(Nc2nc[nH]c(=O)c2Cl)cc1. The van der Waals surface area contributed by atoms with Gasteiger partial charge in [-0.25, -0.2) is 4.98 Å². The van der Waals surface area contributed by atoms with Gasteiger partial charge in [-0.15, -0.1) is 0 Å². The molecule has 0 saturated carbocycles. The van der Waals surface area contributed by atoms with Crippen molar-refractivity contribution in [2.24, 2.45) is 0 Å². The van der Waals surface area contributed by atoms with Crippen molar-refractivity contribution in [2.45, 2.75) is 0 Å². The largest absolute Gasteiger partial charge is 0.378 e. The summed E-state index contributed by atoms with van der Waals surface area (Å²) >= 11 is 5.85. The second kappa shape index (κ2) is 5.10. The molecule has 2 rings (SSSR count). The zero-order valence-electron chi connectivity index (χ0n) is 10.1. The molecule has 0 aliphatic heterocycles. The monoisotopic (exact) mass is 264 g/mol. The second-order valence-electron chi connectivity index (χ2n) is 3.96. The van der Waals surface area contributed by atoms with Crippen LogP contribution in [0.5, 0.6) is 0 Å². The third-order valence-corrected chi connectivity index (χ3v) is 2.79. The first-order chi connectivity index (χ1) is 8.58. The van der Waals surface area contributed by atoms with Crippen LogP contribution in [0.15, 0.2) is 35.4 Å². The Morgan fingerprint density at radius 1 is 1.28 bits per heavy atom. The van der Waals surface area contributed by atoms with Gasteiger partial charge in [-0.05, 0) is 24.3 Å². The molecule has 6 heteroatoms. The summed E-state index contributed by atoms with van der Waals surface area (Å²) in [5.74, 6) is 0.345. The Kier molecular flexibility index (Phi) is 3.53. The number of rotatable bonds is 3. The number of hydrogen-bond acceptors (Lipinski definition) is 4. The number of anilines is 3. The van der Waals surface area contributed by atoms with E-state index in [0.717, 1.165) is 11.4 Å². The Labute approximate surface area is 109 Å². The van der Waals surface area contributed by atoms with Crippen LogP contribution >= 0.6 is 11.6 Å². The molecule has 1 aromatic heterocycles. The highest BCUT2D eigenvalue weighted by Crippen LogP contribution is 2.21. The van der Waals surface area contributed by atoms with Gasteiger partial charge in [0.05, 0.1) is 6.33 Å². The van der Waals surface area contributed by atoms with Crippen LogP contribution in [0.25, 0.3) is 0 Å². The first-order valence-electron chi connectivity index (χ1n) is 5.35. The zero-order valence-corrected chi connectivity index (χ0v) is 10.8. The maximum atomic E-state index is 11.3. The summed E-state index contributed by atoms with van der Waals surface area (Å²) < 4.78 is 0. The van der Waals surface area contributed by atoms with Gasteiger partial charge in [0.1, 0.15) is 5.02 Å². The van der Waals surface area contributed by atoms with Crippen molar-refractivity contribution in [1.29, 1.82) is 0 Å². The van der Waals surface area contributed by atoms with E-state index in [4.69, 9.17) is 11.6 Å². The summed E-state index contributed by atoms with van der Waals surface area (Å²) in [6.45, 7) is 0. The Hall–Kier alpha value is -2.01. The Balaban J connectivity index is 2.24. The molecule has 0 atom stereocenters. The quantitative estimate of drug-likeness (QED) is 0.893. The molecule has 94 valence electrons. The highest BCUT2D eigenvalue weighted by Gasteiger charge is 2.05. The molecule has 0 saturated heterocycles. The van der Waals surface area contributed by atoms with E-state index in [1.165, 1.54) is 6.33 Å². The lowest BCUT2D eigenvalue weighted by atomic mass is 10.2. The zero-order chi connectivity index (χ0) is 13.1. The number of nitrogens with zero attached hydrogens (tertiary/aromatic N) is 2. The van der Waals surface area contributed by atoms with Crippen molar-refractivity contribution in [3.8, 4) is 0 Å². The number of H-pyrrole nitrogens is 1. The summed E-state index contributed by atoms with van der Waals surface area (Å²) in [7, 11) is 3.94. The Bertz CT molecular complexity index is 592. The van der Waals surface area contributed by atoms with Crippen molar-refractivity contribution in [3.05, 3.63) is 46.0 Å². The summed E-state index contributed by atoms with van der Waals surface area (Å²) in [5.41, 5.74) is 1.55. The Morgan fingerprint density at radius 2 is 1.94 bits per heavy atom.